The quantitative estimate of drug-likeness (QED) is 0.931. The molecule has 2 aromatic rings. The van der Waals surface area contributed by atoms with Gasteiger partial charge in [-0.25, -0.2) is 0 Å². The van der Waals surface area contributed by atoms with Gasteiger partial charge in [-0.15, -0.1) is 11.3 Å². The highest BCUT2D eigenvalue weighted by Crippen LogP contribution is 2.34. The zero-order valence-corrected chi connectivity index (χ0v) is 12.8. The molecule has 1 aliphatic rings. The van der Waals surface area contributed by atoms with E-state index in [0.29, 0.717) is 18.5 Å². The first-order valence-corrected chi connectivity index (χ1v) is 8.15. The minimum Gasteiger partial charge on any atom is -0.329 e. The summed E-state index contributed by atoms with van der Waals surface area (Å²) in [5.74, 6) is 0.659. The molecule has 1 fully saturated rings. The standard InChI is InChI=1S/C17H22N2S/c1-13-7-8-17(20-13)16(11-18)19-10-9-15(12-19)14-5-3-2-4-6-14/h2-8,15-16H,9-12,18H2,1H3. The second-order valence-corrected chi connectivity index (χ2v) is 6.91. The maximum absolute atomic E-state index is 6.04. The Hall–Kier alpha value is -1.16. The molecule has 1 aromatic heterocycles. The Labute approximate surface area is 125 Å². The fourth-order valence-electron chi connectivity index (χ4n) is 3.15. The van der Waals surface area contributed by atoms with Gasteiger partial charge >= 0.3 is 0 Å². The van der Waals surface area contributed by atoms with Crippen LogP contribution in [0.15, 0.2) is 42.5 Å². The van der Waals surface area contributed by atoms with Crippen LogP contribution in [0.4, 0.5) is 0 Å². The number of hydrogen-bond donors (Lipinski definition) is 1. The van der Waals surface area contributed by atoms with E-state index < -0.39 is 0 Å². The Kier molecular flexibility index (Phi) is 4.20. The molecule has 0 saturated carbocycles. The number of aryl methyl sites for hydroxylation is 1. The molecular weight excluding hydrogens is 264 g/mol. The van der Waals surface area contributed by atoms with Crippen molar-refractivity contribution in [1.29, 1.82) is 0 Å². The van der Waals surface area contributed by atoms with E-state index in [4.69, 9.17) is 5.73 Å². The van der Waals surface area contributed by atoms with Crippen molar-refractivity contribution in [3.05, 3.63) is 57.8 Å². The zero-order chi connectivity index (χ0) is 13.9. The van der Waals surface area contributed by atoms with Gasteiger partial charge in [0.2, 0.25) is 0 Å². The molecule has 0 amide bonds. The van der Waals surface area contributed by atoms with Gasteiger partial charge in [-0.3, -0.25) is 4.90 Å². The summed E-state index contributed by atoms with van der Waals surface area (Å²) in [6.07, 6.45) is 1.24. The molecule has 106 valence electrons. The van der Waals surface area contributed by atoms with Crippen molar-refractivity contribution in [2.75, 3.05) is 19.6 Å². The minimum absolute atomic E-state index is 0.391. The first-order valence-electron chi connectivity index (χ1n) is 7.33. The van der Waals surface area contributed by atoms with Crippen LogP contribution >= 0.6 is 11.3 Å². The van der Waals surface area contributed by atoms with E-state index in [2.05, 4.69) is 54.3 Å². The second kappa shape index (κ2) is 6.08. The van der Waals surface area contributed by atoms with Gasteiger partial charge in [-0.2, -0.15) is 0 Å². The molecule has 2 heterocycles. The van der Waals surface area contributed by atoms with Crippen molar-refractivity contribution < 1.29 is 0 Å². The largest absolute Gasteiger partial charge is 0.329 e. The van der Waals surface area contributed by atoms with Crippen LogP contribution in [-0.2, 0) is 0 Å². The molecule has 0 spiro atoms. The van der Waals surface area contributed by atoms with E-state index in [1.807, 2.05) is 11.3 Å². The van der Waals surface area contributed by atoms with Gasteiger partial charge in [0.1, 0.15) is 0 Å². The summed E-state index contributed by atoms with van der Waals surface area (Å²) in [6.45, 7) is 5.15. The number of thiophene rings is 1. The van der Waals surface area contributed by atoms with E-state index in [0.717, 1.165) is 13.1 Å². The lowest BCUT2D eigenvalue weighted by Gasteiger charge is -2.25. The normalized spacial score (nSPS) is 21.2. The van der Waals surface area contributed by atoms with Gasteiger partial charge in [-0.05, 0) is 43.5 Å². The zero-order valence-electron chi connectivity index (χ0n) is 12.0. The predicted octanol–water partition coefficient (Wildman–Crippen LogP) is 3.55. The van der Waals surface area contributed by atoms with E-state index in [9.17, 15) is 0 Å². The first kappa shape index (κ1) is 13.8. The maximum Gasteiger partial charge on any atom is 0.0564 e. The van der Waals surface area contributed by atoms with Crippen molar-refractivity contribution >= 4 is 11.3 Å². The summed E-state index contributed by atoms with van der Waals surface area (Å²) in [7, 11) is 0. The van der Waals surface area contributed by atoms with Gasteiger partial charge in [0.15, 0.2) is 0 Å². The fraction of sp³-hybridized carbons (Fsp3) is 0.412. The lowest BCUT2D eigenvalue weighted by molar-refractivity contribution is 0.251. The molecule has 2 unspecified atom stereocenters. The minimum atomic E-state index is 0.391. The average molecular weight is 286 g/mol. The third kappa shape index (κ3) is 2.80. The second-order valence-electron chi connectivity index (χ2n) is 5.59. The van der Waals surface area contributed by atoms with Crippen molar-refractivity contribution in [3.8, 4) is 0 Å². The van der Waals surface area contributed by atoms with Crippen LogP contribution < -0.4 is 5.73 Å². The third-order valence-electron chi connectivity index (χ3n) is 4.24. The molecule has 1 aliphatic heterocycles. The van der Waals surface area contributed by atoms with Gasteiger partial charge in [0.05, 0.1) is 6.04 Å². The third-order valence-corrected chi connectivity index (χ3v) is 5.35. The number of nitrogens with two attached hydrogens (primary N) is 1. The topological polar surface area (TPSA) is 29.3 Å². The molecular formula is C17H22N2S. The van der Waals surface area contributed by atoms with Gasteiger partial charge in [0.25, 0.3) is 0 Å². The number of nitrogens with zero attached hydrogens (tertiary/aromatic N) is 1. The Morgan fingerprint density at radius 3 is 2.70 bits per heavy atom. The molecule has 0 bridgehead atoms. The van der Waals surface area contributed by atoms with Crippen LogP contribution in [0.5, 0.6) is 0 Å². The molecule has 2 atom stereocenters. The summed E-state index contributed by atoms with van der Waals surface area (Å²) in [4.78, 5) is 5.35. The molecule has 0 aliphatic carbocycles. The highest BCUT2D eigenvalue weighted by atomic mass is 32.1. The van der Waals surface area contributed by atoms with Crippen molar-refractivity contribution in [3.63, 3.8) is 0 Å². The Bertz CT molecular complexity index is 549. The van der Waals surface area contributed by atoms with Crippen molar-refractivity contribution in [1.82, 2.24) is 4.90 Å². The smallest absolute Gasteiger partial charge is 0.0564 e. The Balaban J connectivity index is 1.72. The van der Waals surface area contributed by atoms with Gasteiger partial charge < -0.3 is 5.73 Å². The number of hydrogen-bond acceptors (Lipinski definition) is 3. The van der Waals surface area contributed by atoms with Crippen LogP contribution in [-0.4, -0.2) is 24.5 Å². The molecule has 1 saturated heterocycles. The van der Waals surface area contributed by atoms with Gasteiger partial charge in [0, 0.05) is 22.8 Å². The number of benzene rings is 1. The number of rotatable bonds is 4. The molecule has 3 rings (SSSR count). The van der Waals surface area contributed by atoms with Crippen LogP contribution in [0, 0.1) is 6.92 Å². The average Bonchev–Trinajstić information content (AvgIpc) is 3.11. The summed E-state index contributed by atoms with van der Waals surface area (Å²) >= 11 is 1.88. The molecule has 0 radical (unpaired) electrons. The Morgan fingerprint density at radius 2 is 2.05 bits per heavy atom. The number of likely N-dealkylation sites (tertiary alicyclic amines) is 1. The van der Waals surface area contributed by atoms with Crippen LogP contribution in [0.2, 0.25) is 0 Å². The van der Waals surface area contributed by atoms with Crippen molar-refractivity contribution in [2.24, 2.45) is 5.73 Å². The van der Waals surface area contributed by atoms with E-state index in [-0.39, 0.29) is 0 Å². The first-order chi connectivity index (χ1) is 9.78. The SMILES string of the molecule is Cc1ccc(C(CN)N2CCC(c3ccccc3)C2)s1. The summed E-state index contributed by atoms with van der Waals surface area (Å²) in [5, 5.41) is 0. The highest BCUT2D eigenvalue weighted by molar-refractivity contribution is 7.12. The summed E-state index contributed by atoms with van der Waals surface area (Å²) in [6, 6.07) is 15.7. The summed E-state index contributed by atoms with van der Waals surface area (Å²) in [5.41, 5.74) is 7.51. The fourth-order valence-corrected chi connectivity index (χ4v) is 4.17. The van der Waals surface area contributed by atoms with Crippen LogP contribution in [0.3, 0.4) is 0 Å². The maximum atomic E-state index is 6.04. The molecule has 1 aromatic carbocycles. The van der Waals surface area contributed by atoms with E-state index >= 15 is 0 Å². The molecule has 3 heteroatoms. The predicted molar refractivity (Wildman–Crippen MR) is 86.2 cm³/mol. The van der Waals surface area contributed by atoms with E-state index in [1.54, 1.807) is 0 Å². The van der Waals surface area contributed by atoms with Crippen molar-refractivity contribution in [2.45, 2.75) is 25.3 Å². The molecule has 2 nitrogen and oxygen atoms in total. The Morgan fingerprint density at radius 1 is 1.25 bits per heavy atom. The van der Waals surface area contributed by atoms with E-state index in [1.165, 1.54) is 21.7 Å². The molecule has 20 heavy (non-hydrogen) atoms. The monoisotopic (exact) mass is 286 g/mol. The molecule has 2 N–H and O–H groups in total. The summed E-state index contributed by atoms with van der Waals surface area (Å²) < 4.78 is 0. The lowest BCUT2D eigenvalue weighted by atomic mass is 9.99. The van der Waals surface area contributed by atoms with Crippen LogP contribution in [0.1, 0.15) is 33.7 Å². The van der Waals surface area contributed by atoms with Crippen LogP contribution in [0.25, 0.3) is 0 Å². The van der Waals surface area contributed by atoms with Gasteiger partial charge in [-0.1, -0.05) is 30.3 Å². The highest BCUT2D eigenvalue weighted by Gasteiger charge is 2.29. The lowest BCUT2D eigenvalue weighted by Crippen LogP contribution is -2.31.